The van der Waals surface area contributed by atoms with Gasteiger partial charge in [-0.1, -0.05) is 11.6 Å². The van der Waals surface area contributed by atoms with Crippen LogP contribution in [-0.4, -0.2) is 18.6 Å². The lowest BCUT2D eigenvalue weighted by Crippen LogP contribution is -2.07. The van der Waals surface area contributed by atoms with Crippen molar-refractivity contribution in [2.45, 2.75) is 6.54 Å². The summed E-state index contributed by atoms with van der Waals surface area (Å²) >= 11 is 5.84. The molecule has 0 aliphatic carbocycles. The Hall–Kier alpha value is -2.57. The van der Waals surface area contributed by atoms with Crippen molar-refractivity contribution in [3.05, 3.63) is 59.1 Å². The van der Waals surface area contributed by atoms with Crippen molar-refractivity contribution in [1.82, 2.24) is 5.32 Å². The van der Waals surface area contributed by atoms with Crippen molar-refractivity contribution in [2.24, 2.45) is 0 Å². The van der Waals surface area contributed by atoms with Crippen LogP contribution in [0.25, 0.3) is 11.0 Å². The Morgan fingerprint density at radius 2 is 2.08 bits per heavy atom. The van der Waals surface area contributed by atoms with Gasteiger partial charge >= 0.3 is 0 Å². The lowest BCUT2D eigenvalue weighted by molar-refractivity contribution is -0.122. The van der Waals surface area contributed by atoms with Gasteiger partial charge in [0.1, 0.15) is 22.9 Å². The molecule has 0 bridgehead atoms. The third kappa shape index (κ3) is 4.24. The SMILES string of the molecule is CNCc1cc(F)c(Cl)cc1Oc1ccc2occc2c1.O=CO. The number of hydrogen-bond donors (Lipinski definition) is 2. The highest BCUT2D eigenvalue weighted by molar-refractivity contribution is 6.30. The highest BCUT2D eigenvalue weighted by Crippen LogP contribution is 2.32. The molecule has 7 heteroatoms. The van der Waals surface area contributed by atoms with Crippen LogP contribution in [0.4, 0.5) is 4.39 Å². The van der Waals surface area contributed by atoms with Gasteiger partial charge in [-0.3, -0.25) is 4.79 Å². The van der Waals surface area contributed by atoms with E-state index in [4.69, 9.17) is 30.7 Å². The fraction of sp³-hybridized carbons (Fsp3) is 0.118. The van der Waals surface area contributed by atoms with E-state index < -0.39 is 5.82 Å². The minimum atomic E-state index is -0.459. The second-order valence-electron chi connectivity index (χ2n) is 4.73. The number of ether oxygens (including phenoxy) is 1. The largest absolute Gasteiger partial charge is 0.483 e. The van der Waals surface area contributed by atoms with Crippen molar-refractivity contribution in [1.29, 1.82) is 0 Å². The van der Waals surface area contributed by atoms with Crippen LogP contribution in [-0.2, 0) is 11.3 Å². The normalized spacial score (nSPS) is 10.1. The number of benzene rings is 2. The molecule has 24 heavy (non-hydrogen) atoms. The Balaban J connectivity index is 0.000000647. The average molecular weight is 352 g/mol. The first kappa shape index (κ1) is 17.8. The van der Waals surface area contributed by atoms with Gasteiger partial charge in [-0.2, -0.15) is 0 Å². The number of nitrogens with one attached hydrogen (secondary N) is 1. The summed E-state index contributed by atoms with van der Waals surface area (Å²) in [5.41, 5.74) is 1.49. The van der Waals surface area contributed by atoms with Gasteiger partial charge in [0.2, 0.25) is 0 Å². The molecule has 0 saturated heterocycles. The topological polar surface area (TPSA) is 71.7 Å². The zero-order valence-corrected chi connectivity index (χ0v) is 13.5. The first-order valence-electron chi connectivity index (χ1n) is 6.94. The van der Waals surface area contributed by atoms with Crippen LogP contribution in [0, 0.1) is 5.82 Å². The number of fused-ring (bicyclic) bond motifs is 1. The first-order chi connectivity index (χ1) is 11.6. The molecule has 3 rings (SSSR count). The van der Waals surface area contributed by atoms with Crippen molar-refractivity contribution >= 4 is 29.0 Å². The fourth-order valence-corrected chi connectivity index (χ4v) is 2.28. The molecule has 2 N–H and O–H groups in total. The predicted octanol–water partition coefficient (Wildman–Crippen LogP) is 4.44. The number of halogens is 2. The molecule has 126 valence electrons. The molecule has 0 fully saturated rings. The van der Waals surface area contributed by atoms with Crippen molar-refractivity contribution < 1.29 is 23.4 Å². The molecule has 0 aliphatic rings. The van der Waals surface area contributed by atoms with Crippen molar-refractivity contribution in [3.8, 4) is 11.5 Å². The van der Waals surface area contributed by atoms with Gasteiger partial charge in [-0.05, 0) is 37.4 Å². The van der Waals surface area contributed by atoms with E-state index in [0.717, 1.165) is 11.0 Å². The van der Waals surface area contributed by atoms with Crippen LogP contribution in [0.2, 0.25) is 5.02 Å². The van der Waals surface area contributed by atoms with Gasteiger partial charge in [0, 0.05) is 23.6 Å². The first-order valence-corrected chi connectivity index (χ1v) is 7.32. The van der Waals surface area contributed by atoms with Gasteiger partial charge < -0.3 is 19.6 Å². The van der Waals surface area contributed by atoms with Crippen LogP contribution in [0.5, 0.6) is 11.5 Å². The Morgan fingerprint density at radius 1 is 1.33 bits per heavy atom. The summed E-state index contributed by atoms with van der Waals surface area (Å²) in [5.74, 6) is 0.710. The van der Waals surface area contributed by atoms with E-state index in [1.165, 1.54) is 12.1 Å². The molecule has 5 nitrogen and oxygen atoms in total. The summed E-state index contributed by atoms with van der Waals surface area (Å²) in [6, 6.07) is 10.2. The number of rotatable bonds is 4. The molecule has 1 heterocycles. The van der Waals surface area contributed by atoms with Crippen LogP contribution >= 0.6 is 11.6 Å². The summed E-state index contributed by atoms with van der Waals surface area (Å²) in [4.78, 5) is 8.36. The Bertz CT molecular complexity index is 835. The summed E-state index contributed by atoms with van der Waals surface area (Å²) in [6.07, 6.45) is 1.62. The molecule has 0 amide bonds. The molecule has 2 aromatic carbocycles. The van der Waals surface area contributed by atoms with E-state index in [2.05, 4.69) is 5.32 Å². The minimum Gasteiger partial charge on any atom is -0.483 e. The third-order valence-electron chi connectivity index (χ3n) is 3.12. The monoisotopic (exact) mass is 351 g/mol. The number of furan rings is 1. The van der Waals surface area contributed by atoms with Gasteiger partial charge in [0.25, 0.3) is 6.47 Å². The predicted molar refractivity (Wildman–Crippen MR) is 89.2 cm³/mol. The molecule has 0 atom stereocenters. The molecule has 0 radical (unpaired) electrons. The molecule has 0 aliphatic heterocycles. The Kier molecular flexibility index (Phi) is 6.17. The summed E-state index contributed by atoms with van der Waals surface area (Å²) < 4.78 is 24.7. The van der Waals surface area contributed by atoms with E-state index in [1.54, 1.807) is 19.4 Å². The van der Waals surface area contributed by atoms with E-state index in [1.807, 2.05) is 18.2 Å². The van der Waals surface area contributed by atoms with Gasteiger partial charge in [0.05, 0.1) is 11.3 Å². The summed E-state index contributed by atoms with van der Waals surface area (Å²) in [6.45, 7) is 0.234. The molecule has 0 spiro atoms. The molecule has 0 saturated carbocycles. The average Bonchev–Trinajstić information content (AvgIpc) is 3.01. The maximum Gasteiger partial charge on any atom is 0.290 e. The number of carboxylic acid groups (broad SMARTS) is 1. The second kappa shape index (κ2) is 8.33. The highest BCUT2D eigenvalue weighted by atomic mass is 35.5. The lowest BCUT2D eigenvalue weighted by atomic mass is 10.2. The van der Waals surface area contributed by atoms with Crippen molar-refractivity contribution in [3.63, 3.8) is 0 Å². The van der Waals surface area contributed by atoms with Crippen LogP contribution in [0.15, 0.2) is 47.1 Å². The molecular weight excluding hydrogens is 337 g/mol. The van der Waals surface area contributed by atoms with E-state index >= 15 is 0 Å². The zero-order valence-electron chi connectivity index (χ0n) is 12.8. The molecule has 0 unspecified atom stereocenters. The molecule has 1 aromatic heterocycles. The Morgan fingerprint density at radius 3 is 2.79 bits per heavy atom. The standard InChI is InChI=1S/C16H13ClFNO2.CH2O2/c1-19-9-11-7-14(18)13(17)8-16(11)21-12-2-3-15-10(6-12)4-5-20-15;2-1-3/h2-8,19H,9H2,1H3;1H,(H,2,3). The third-order valence-corrected chi connectivity index (χ3v) is 3.41. The van der Waals surface area contributed by atoms with E-state index in [9.17, 15) is 4.39 Å². The zero-order chi connectivity index (χ0) is 17.5. The van der Waals surface area contributed by atoms with Gasteiger partial charge in [0.15, 0.2) is 0 Å². The lowest BCUT2D eigenvalue weighted by Gasteiger charge is -2.12. The van der Waals surface area contributed by atoms with Crippen molar-refractivity contribution in [2.75, 3.05) is 7.05 Å². The van der Waals surface area contributed by atoms with Crippen LogP contribution in [0.3, 0.4) is 0 Å². The van der Waals surface area contributed by atoms with E-state index in [0.29, 0.717) is 23.6 Å². The number of hydrogen-bond acceptors (Lipinski definition) is 4. The maximum absolute atomic E-state index is 13.6. The summed E-state index contributed by atoms with van der Waals surface area (Å²) in [5, 5.41) is 10.8. The number of carbonyl (C=O) groups is 1. The summed E-state index contributed by atoms with van der Waals surface area (Å²) in [7, 11) is 1.79. The Labute approximate surface area is 142 Å². The van der Waals surface area contributed by atoms with Crippen LogP contribution in [0.1, 0.15) is 5.56 Å². The molecular formula is C17H15ClFNO4. The van der Waals surface area contributed by atoms with Gasteiger partial charge in [-0.15, -0.1) is 0 Å². The van der Waals surface area contributed by atoms with Gasteiger partial charge in [-0.25, -0.2) is 4.39 Å². The highest BCUT2D eigenvalue weighted by Gasteiger charge is 2.11. The maximum atomic E-state index is 13.6. The quantitative estimate of drug-likeness (QED) is 0.680. The fourth-order valence-electron chi connectivity index (χ4n) is 2.13. The van der Waals surface area contributed by atoms with Crippen LogP contribution < -0.4 is 10.1 Å². The minimum absolute atomic E-state index is 0.0363. The van der Waals surface area contributed by atoms with E-state index in [-0.39, 0.29) is 11.5 Å². The smallest absolute Gasteiger partial charge is 0.290 e. The molecule has 3 aromatic rings. The second-order valence-corrected chi connectivity index (χ2v) is 5.14.